The van der Waals surface area contributed by atoms with Crippen LogP contribution in [0.15, 0.2) is 12.7 Å². The smallest absolute Gasteiger partial charge is 0.124 e. The first-order valence-electron chi connectivity index (χ1n) is 3.07. The highest BCUT2D eigenvalue weighted by atomic mass is 16.9. The lowest BCUT2D eigenvalue weighted by atomic mass is 10.5. The Hall–Kier alpha value is -0.380. The zero-order valence-corrected chi connectivity index (χ0v) is 5.72. The van der Waals surface area contributed by atoms with Crippen molar-refractivity contribution in [3.8, 4) is 0 Å². The summed E-state index contributed by atoms with van der Waals surface area (Å²) in [5, 5.41) is 10.4. The van der Waals surface area contributed by atoms with Gasteiger partial charge in [0.05, 0.1) is 0 Å². The fourth-order valence-corrected chi connectivity index (χ4v) is 0.428. The Bertz CT molecular complexity index is 75.5. The molecule has 3 heteroatoms. The molecule has 1 unspecified atom stereocenters. The summed E-state index contributed by atoms with van der Waals surface area (Å²) in [5.74, 6) is 0. The van der Waals surface area contributed by atoms with Crippen LogP contribution < -0.4 is 5.23 Å². The Morgan fingerprint density at radius 2 is 2.44 bits per heavy atom. The monoisotopic (exact) mass is 131 g/mol. The SMILES string of the molecule is C=CCO[NH+]([O-])CCC. The lowest BCUT2D eigenvalue weighted by molar-refractivity contribution is -1.05. The third-order valence-corrected chi connectivity index (χ3v) is 0.816. The van der Waals surface area contributed by atoms with Gasteiger partial charge in [0, 0.05) is 0 Å². The molecule has 1 atom stereocenters. The molecule has 9 heavy (non-hydrogen) atoms. The maximum absolute atomic E-state index is 10.5. The summed E-state index contributed by atoms with van der Waals surface area (Å²) in [6.07, 6.45) is 2.41. The molecule has 0 heterocycles. The number of nitrogens with one attached hydrogen (secondary N) is 1. The van der Waals surface area contributed by atoms with Gasteiger partial charge in [-0.1, -0.05) is 13.0 Å². The second kappa shape index (κ2) is 5.75. The number of hydrogen-bond donors (Lipinski definition) is 1. The third kappa shape index (κ3) is 5.49. The molecule has 0 spiro atoms. The van der Waals surface area contributed by atoms with Gasteiger partial charge in [0.2, 0.25) is 0 Å². The Morgan fingerprint density at radius 3 is 2.89 bits per heavy atom. The highest BCUT2D eigenvalue weighted by molar-refractivity contribution is 4.61. The summed E-state index contributed by atoms with van der Waals surface area (Å²) in [4.78, 5) is 4.67. The van der Waals surface area contributed by atoms with Gasteiger partial charge in [0.25, 0.3) is 0 Å². The fourth-order valence-electron chi connectivity index (χ4n) is 0.428. The molecule has 3 nitrogen and oxygen atoms in total. The summed E-state index contributed by atoms with van der Waals surface area (Å²) >= 11 is 0. The average Bonchev–Trinajstić information content (AvgIpc) is 1.85. The molecule has 0 aliphatic heterocycles. The first-order valence-corrected chi connectivity index (χ1v) is 3.07. The van der Waals surface area contributed by atoms with Crippen molar-refractivity contribution in [2.24, 2.45) is 0 Å². The van der Waals surface area contributed by atoms with Crippen LogP contribution in [0.3, 0.4) is 0 Å². The maximum Gasteiger partial charge on any atom is 0.124 e. The van der Waals surface area contributed by atoms with Crippen molar-refractivity contribution in [1.29, 1.82) is 0 Å². The lowest BCUT2D eigenvalue weighted by Crippen LogP contribution is -3.06. The van der Waals surface area contributed by atoms with Gasteiger partial charge in [-0.25, -0.2) is 10.1 Å². The number of rotatable bonds is 5. The summed E-state index contributed by atoms with van der Waals surface area (Å²) in [7, 11) is 0. The van der Waals surface area contributed by atoms with Crippen LogP contribution in [0, 0.1) is 5.21 Å². The zero-order chi connectivity index (χ0) is 7.11. The number of hydrogen-bond acceptors (Lipinski definition) is 2. The second-order valence-electron chi connectivity index (χ2n) is 1.72. The van der Waals surface area contributed by atoms with Crippen LogP contribution in [-0.2, 0) is 4.84 Å². The second-order valence-corrected chi connectivity index (χ2v) is 1.72. The van der Waals surface area contributed by atoms with E-state index in [0.717, 1.165) is 6.42 Å². The highest BCUT2D eigenvalue weighted by Crippen LogP contribution is 1.65. The van der Waals surface area contributed by atoms with E-state index in [9.17, 15) is 5.21 Å². The molecular formula is C6H13NO2. The van der Waals surface area contributed by atoms with Crippen LogP contribution in [0.4, 0.5) is 0 Å². The van der Waals surface area contributed by atoms with Crippen molar-refractivity contribution >= 4 is 0 Å². The largest absolute Gasteiger partial charge is 0.600 e. The van der Waals surface area contributed by atoms with Gasteiger partial charge in [0.1, 0.15) is 13.2 Å². The van der Waals surface area contributed by atoms with Crippen molar-refractivity contribution in [3.63, 3.8) is 0 Å². The van der Waals surface area contributed by atoms with Crippen molar-refractivity contribution in [2.45, 2.75) is 13.3 Å². The van der Waals surface area contributed by atoms with Crippen molar-refractivity contribution < 1.29 is 10.1 Å². The van der Waals surface area contributed by atoms with Crippen molar-refractivity contribution in [2.75, 3.05) is 13.2 Å². The van der Waals surface area contributed by atoms with Crippen LogP contribution in [0.1, 0.15) is 13.3 Å². The summed E-state index contributed by atoms with van der Waals surface area (Å²) in [6, 6.07) is 0. The predicted octanol–water partition coefficient (Wildman–Crippen LogP) is -0.103. The van der Waals surface area contributed by atoms with Crippen LogP contribution in [-0.4, -0.2) is 13.2 Å². The minimum atomic E-state index is -0.141. The molecule has 0 aliphatic rings. The molecule has 0 amide bonds. The maximum atomic E-state index is 10.5. The molecule has 54 valence electrons. The highest BCUT2D eigenvalue weighted by Gasteiger charge is 1.90. The average molecular weight is 131 g/mol. The van der Waals surface area contributed by atoms with Crippen molar-refractivity contribution in [3.05, 3.63) is 17.9 Å². The molecular weight excluding hydrogens is 118 g/mol. The molecule has 0 aromatic carbocycles. The Morgan fingerprint density at radius 1 is 1.78 bits per heavy atom. The van der Waals surface area contributed by atoms with E-state index in [-0.39, 0.29) is 5.23 Å². The summed E-state index contributed by atoms with van der Waals surface area (Å²) in [6.45, 7) is 6.20. The van der Waals surface area contributed by atoms with E-state index in [1.165, 1.54) is 0 Å². The quantitative estimate of drug-likeness (QED) is 0.417. The van der Waals surface area contributed by atoms with E-state index < -0.39 is 0 Å². The van der Waals surface area contributed by atoms with E-state index in [1.807, 2.05) is 6.92 Å². The third-order valence-electron chi connectivity index (χ3n) is 0.816. The predicted molar refractivity (Wildman–Crippen MR) is 35.6 cm³/mol. The van der Waals surface area contributed by atoms with E-state index >= 15 is 0 Å². The zero-order valence-electron chi connectivity index (χ0n) is 5.72. The van der Waals surface area contributed by atoms with E-state index in [4.69, 9.17) is 0 Å². The molecule has 0 saturated heterocycles. The minimum absolute atomic E-state index is 0.141. The standard InChI is InChI=1S/C6H13NO2/c1-3-5-7(8)9-6-4-2/h4,7H,2-3,5-6H2,1H3. The van der Waals surface area contributed by atoms with E-state index in [2.05, 4.69) is 11.4 Å². The Balaban J connectivity index is 3.04. The van der Waals surface area contributed by atoms with Crippen molar-refractivity contribution in [1.82, 2.24) is 0 Å². The molecule has 0 saturated carbocycles. The lowest BCUT2D eigenvalue weighted by Gasteiger charge is -2.17. The van der Waals surface area contributed by atoms with E-state index in [0.29, 0.717) is 13.2 Å². The van der Waals surface area contributed by atoms with Gasteiger partial charge in [-0.15, -0.1) is 6.58 Å². The topological polar surface area (TPSA) is 36.7 Å². The van der Waals surface area contributed by atoms with Crippen LogP contribution in [0.5, 0.6) is 0 Å². The minimum Gasteiger partial charge on any atom is -0.600 e. The molecule has 0 fully saturated rings. The molecule has 0 radical (unpaired) electrons. The van der Waals surface area contributed by atoms with Gasteiger partial charge in [-0.3, -0.25) is 0 Å². The summed E-state index contributed by atoms with van der Waals surface area (Å²) in [5.41, 5.74) is 0. The molecule has 0 rings (SSSR count). The first kappa shape index (κ1) is 8.62. The van der Waals surface area contributed by atoms with Crippen LogP contribution in [0.2, 0.25) is 0 Å². The van der Waals surface area contributed by atoms with Gasteiger partial charge < -0.3 is 5.21 Å². The van der Waals surface area contributed by atoms with Gasteiger partial charge in [0.15, 0.2) is 0 Å². The normalized spacial score (nSPS) is 13.1. The molecule has 1 N–H and O–H groups in total. The first-order chi connectivity index (χ1) is 4.31. The molecule has 0 aromatic rings. The van der Waals surface area contributed by atoms with Crippen LogP contribution >= 0.6 is 0 Å². The Kier molecular flexibility index (Phi) is 5.51. The molecule has 0 aromatic heterocycles. The molecule has 0 aliphatic carbocycles. The van der Waals surface area contributed by atoms with Crippen LogP contribution in [0.25, 0.3) is 0 Å². The van der Waals surface area contributed by atoms with E-state index in [1.54, 1.807) is 6.08 Å². The number of hydroxylamine groups is 2. The fraction of sp³-hybridized carbons (Fsp3) is 0.667. The van der Waals surface area contributed by atoms with Gasteiger partial charge in [-0.2, -0.15) is 0 Å². The summed E-state index contributed by atoms with van der Waals surface area (Å²) < 4.78 is 0. The Labute approximate surface area is 55.5 Å². The van der Waals surface area contributed by atoms with Gasteiger partial charge in [-0.05, 0) is 6.42 Å². The van der Waals surface area contributed by atoms with Gasteiger partial charge >= 0.3 is 0 Å². The molecule has 0 bridgehead atoms. The number of quaternary nitrogens is 1.